The van der Waals surface area contributed by atoms with E-state index in [1.54, 1.807) is 6.92 Å². The topological polar surface area (TPSA) is 55.8 Å². The van der Waals surface area contributed by atoms with Crippen molar-refractivity contribution in [1.29, 1.82) is 0 Å². The minimum atomic E-state index is -0.406. The van der Waals surface area contributed by atoms with Crippen LogP contribution in [0.15, 0.2) is 42.5 Å². The fraction of sp³-hybridized carbons (Fsp3) is 0.522. The summed E-state index contributed by atoms with van der Waals surface area (Å²) in [6, 6.07) is 7.50. The Labute approximate surface area is 163 Å². The number of aliphatic hydroxyl groups excluding tert-OH is 1. The van der Waals surface area contributed by atoms with E-state index in [9.17, 15) is 9.90 Å². The molecular weight excluding hydrogens is 340 g/mol. The van der Waals surface area contributed by atoms with Crippen molar-refractivity contribution in [3.8, 4) is 5.75 Å². The van der Waals surface area contributed by atoms with Crippen LogP contribution in [-0.4, -0.2) is 30.4 Å². The number of aliphatic hydroxyl groups is 1. The molecule has 0 heterocycles. The summed E-state index contributed by atoms with van der Waals surface area (Å²) in [6.07, 6.45) is 15.2. The van der Waals surface area contributed by atoms with E-state index >= 15 is 0 Å². The molecule has 0 spiro atoms. The van der Waals surface area contributed by atoms with Crippen LogP contribution < -0.4 is 4.74 Å². The highest BCUT2D eigenvalue weighted by Crippen LogP contribution is 2.19. The highest BCUT2D eigenvalue weighted by molar-refractivity contribution is 5.71. The first-order valence-corrected chi connectivity index (χ1v) is 10.1. The van der Waals surface area contributed by atoms with Crippen molar-refractivity contribution in [2.75, 3.05) is 13.2 Å². The standard InChI is InChI=1S/C23H34O4/c1-3-5-6-7-8-9-16-21(24)17-12-10-14-20-15-11-13-18-22(20)27-19-23(25)26-4-2/h10-15,17-18,21,24H,3-9,16,19H2,1-2H3/b14-10+,17-12+/t21-/m0/s1. The minimum absolute atomic E-state index is 0.106. The van der Waals surface area contributed by atoms with Crippen molar-refractivity contribution in [3.05, 3.63) is 48.1 Å². The zero-order valence-corrected chi connectivity index (χ0v) is 16.7. The van der Waals surface area contributed by atoms with Crippen LogP contribution in [0, 0.1) is 0 Å². The minimum Gasteiger partial charge on any atom is -0.481 e. The fourth-order valence-electron chi connectivity index (χ4n) is 2.67. The SMILES string of the molecule is CCCCCCCC[C@H](O)/C=C/C=C/c1ccccc1OCC(=O)OCC. The van der Waals surface area contributed by atoms with E-state index in [0.717, 1.165) is 18.4 Å². The molecule has 1 atom stereocenters. The molecule has 0 amide bonds. The van der Waals surface area contributed by atoms with E-state index in [1.807, 2.05) is 48.6 Å². The van der Waals surface area contributed by atoms with Crippen LogP contribution in [0.25, 0.3) is 6.08 Å². The van der Waals surface area contributed by atoms with Crippen LogP contribution in [0.2, 0.25) is 0 Å². The Morgan fingerprint density at radius 3 is 2.59 bits per heavy atom. The van der Waals surface area contributed by atoms with Gasteiger partial charge in [-0.1, -0.05) is 88.0 Å². The molecule has 27 heavy (non-hydrogen) atoms. The molecule has 0 bridgehead atoms. The van der Waals surface area contributed by atoms with E-state index in [4.69, 9.17) is 9.47 Å². The van der Waals surface area contributed by atoms with Gasteiger partial charge in [0, 0.05) is 5.56 Å². The van der Waals surface area contributed by atoms with E-state index in [2.05, 4.69) is 6.92 Å². The number of esters is 1. The molecule has 0 unspecified atom stereocenters. The number of para-hydroxylation sites is 1. The van der Waals surface area contributed by atoms with Crippen LogP contribution in [0.5, 0.6) is 5.75 Å². The van der Waals surface area contributed by atoms with Gasteiger partial charge in [0.15, 0.2) is 6.61 Å². The van der Waals surface area contributed by atoms with Crippen LogP contribution in [0.3, 0.4) is 0 Å². The molecule has 0 aliphatic carbocycles. The van der Waals surface area contributed by atoms with Crippen molar-refractivity contribution in [3.63, 3.8) is 0 Å². The number of unbranched alkanes of at least 4 members (excludes halogenated alkanes) is 5. The van der Waals surface area contributed by atoms with E-state index in [1.165, 1.54) is 32.1 Å². The number of rotatable bonds is 14. The van der Waals surface area contributed by atoms with Crippen molar-refractivity contribution in [1.82, 2.24) is 0 Å². The maximum absolute atomic E-state index is 11.4. The number of hydrogen-bond acceptors (Lipinski definition) is 4. The smallest absolute Gasteiger partial charge is 0.344 e. The van der Waals surface area contributed by atoms with Crippen molar-refractivity contribution < 1.29 is 19.4 Å². The van der Waals surface area contributed by atoms with Gasteiger partial charge >= 0.3 is 5.97 Å². The average Bonchev–Trinajstić information content (AvgIpc) is 2.67. The van der Waals surface area contributed by atoms with Gasteiger partial charge in [-0.05, 0) is 19.4 Å². The van der Waals surface area contributed by atoms with Gasteiger partial charge in [-0.25, -0.2) is 4.79 Å². The highest BCUT2D eigenvalue weighted by Gasteiger charge is 2.05. The monoisotopic (exact) mass is 374 g/mol. The number of ether oxygens (including phenoxy) is 2. The molecule has 0 aliphatic heterocycles. The average molecular weight is 375 g/mol. The number of allylic oxidation sites excluding steroid dienone is 2. The van der Waals surface area contributed by atoms with Gasteiger partial charge in [0.2, 0.25) is 0 Å². The molecule has 0 saturated carbocycles. The Morgan fingerprint density at radius 2 is 1.81 bits per heavy atom. The molecule has 0 aliphatic rings. The fourth-order valence-corrected chi connectivity index (χ4v) is 2.67. The van der Waals surface area contributed by atoms with Gasteiger partial charge in [0.1, 0.15) is 5.75 Å². The maximum Gasteiger partial charge on any atom is 0.344 e. The molecule has 150 valence electrons. The van der Waals surface area contributed by atoms with E-state index in [-0.39, 0.29) is 12.6 Å². The number of hydrogen-bond donors (Lipinski definition) is 1. The third-order valence-corrected chi connectivity index (χ3v) is 4.14. The normalized spacial score (nSPS) is 12.6. The molecule has 0 fully saturated rings. The number of benzene rings is 1. The molecular formula is C23H34O4. The summed E-state index contributed by atoms with van der Waals surface area (Å²) in [6.45, 7) is 4.22. The zero-order chi connectivity index (χ0) is 19.7. The van der Waals surface area contributed by atoms with Crippen LogP contribution in [0.1, 0.15) is 64.4 Å². The third-order valence-electron chi connectivity index (χ3n) is 4.14. The molecule has 1 N–H and O–H groups in total. The van der Waals surface area contributed by atoms with Gasteiger partial charge in [0.05, 0.1) is 12.7 Å². The second-order valence-corrected chi connectivity index (χ2v) is 6.50. The van der Waals surface area contributed by atoms with Crippen LogP contribution in [-0.2, 0) is 9.53 Å². The molecule has 1 rings (SSSR count). The summed E-state index contributed by atoms with van der Waals surface area (Å²) in [5.74, 6) is 0.247. The zero-order valence-electron chi connectivity index (χ0n) is 16.7. The van der Waals surface area contributed by atoms with Crippen LogP contribution >= 0.6 is 0 Å². The van der Waals surface area contributed by atoms with Crippen molar-refractivity contribution in [2.45, 2.75) is 64.9 Å². The predicted octanol–water partition coefficient (Wildman–Crippen LogP) is 5.31. The lowest BCUT2D eigenvalue weighted by Crippen LogP contribution is -2.14. The Morgan fingerprint density at radius 1 is 1.07 bits per heavy atom. The van der Waals surface area contributed by atoms with Gasteiger partial charge in [0.25, 0.3) is 0 Å². The Bertz CT molecular complexity index is 577. The maximum atomic E-state index is 11.4. The van der Waals surface area contributed by atoms with Gasteiger partial charge < -0.3 is 14.6 Å². The predicted molar refractivity (Wildman–Crippen MR) is 111 cm³/mol. The van der Waals surface area contributed by atoms with Crippen molar-refractivity contribution in [2.24, 2.45) is 0 Å². The third kappa shape index (κ3) is 11.3. The highest BCUT2D eigenvalue weighted by atomic mass is 16.6. The number of carbonyl (C=O) groups excluding carboxylic acids is 1. The molecule has 0 radical (unpaired) electrons. The largest absolute Gasteiger partial charge is 0.481 e. The van der Waals surface area contributed by atoms with Gasteiger partial charge in [-0.3, -0.25) is 0 Å². The Balaban J connectivity index is 2.38. The van der Waals surface area contributed by atoms with E-state index in [0.29, 0.717) is 12.4 Å². The summed E-state index contributed by atoms with van der Waals surface area (Å²) in [5, 5.41) is 10.0. The summed E-state index contributed by atoms with van der Waals surface area (Å²) in [5.41, 5.74) is 0.872. The lowest BCUT2D eigenvalue weighted by molar-refractivity contribution is -0.145. The molecule has 1 aromatic carbocycles. The van der Waals surface area contributed by atoms with Crippen LogP contribution in [0.4, 0.5) is 0 Å². The molecule has 0 saturated heterocycles. The first-order chi connectivity index (χ1) is 13.2. The second-order valence-electron chi connectivity index (χ2n) is 6.50. The number of carbonyl (C=O) groups is 1. The molecule has 1 aromatic rings. The summed E-state index contributed by atoms with van der Waals surface area (Å²) >= 11 is 0. The second kappa shape index (κ2) is 15.0. The quantitative estimate of drug-likeness (QED) is 0.272. The molecule has 0 aromatic heterocycles. The van der Waals surface area contributed by atoms with Crippen molar-refractivity contribution >= 4 is 12.0 Å². The lowest BCUT2D eigenvalue weighted by atomic mass is 10.1. The Hall–Kier alpha value is -2.07. The van der Waals surface area contributed by atoms with Gasteiger partial charge in [-0.2, -0.15) is 0 Å². The first-order valence-electron chi connectivity index (χ1n) is 10.1. The van der Waals surface area contributed by atoms with E-state index < -0.39 is 6.10 Å². The molecule has 4 heteroatoms. The molecule has 4 nitrogen and oxygen atoms in total. The first kappa shape index (κ1) is 23.0. The van der Waals surface area contributed by atoms with Gasteiger partial charge in [-0.15, -0.1) is 0 Å². The summed E-state index contributed by atoms with van der Waals surface area (Å²) in [7, 11) is 0. The summed E-state index contributed by atoms with van der Waals surface area (Å²) < 4.78 is 10.4. The Kier molecular flexibility index (Phi) is 12.8. The lowest BCUT2D eigenvalue weighted by Gasteiger charge is -2.08. The summed E-state index contributed by atoms with van der Waals surface area (Å²) in [4.78, 5) is 11.4.